The van der Waals surface area contributed by atoms with E-state index in [4.69, 9.17) is 9.47 Å². The zero-order valence-corrected chi connectivity index (χ0v) is 33.7. The monoisotopic (exact) mass is 721 g/mol. The van der Waals surface area contributed by atoms with Gasteiger partial charge < -0.3 is 29.1 Å². The van der Waals surface area contributed by atoms with Crippen molar-refractivity contribution in [3.8, 4) is 22.6 Å². The minimum Gasteiger partial charge on any atom is -0.493 e. The summed E-state index contributed by atoms with van der Waals surface area (Å²) >= 11 is 0. The van der Waals surface area contributed by atoms with Crippen LogP contribution < -0.4 is 20.1 Å². The van der Waals surface area contributed by atoms with E-state index < -0.39 is 0 Å². The van der Waals surface area contributed by atoms with Gasteiger partial charge in [-0.05, 0) is 66.6 Å². The number of carbonyl (C=O) groups is 2. The van der Waals surface area contributed by atoms with Crippen molar-refractivity contribution in [3.05, 3.63) is 72.8 Å². The smallest absolute Gasteiger partial charge is 0.275 e. The van der Waals surface area contributed by atoms with Crippen LogP contribution in [0.1, 0.15) is 89.2 Å². The lowest BCUT2D eigenvalue weighted by atomic mass is 9.97. The van der Waals surface area contributed by atoms with Crippen molar-refractivity contribution >= 4 is 11.8 Å². The average molecular weight is 721 g/mol. The van der Waals surface area contributed by atoms with Crippen LogP contribution in [0.5, 0.6) is 11.5 Å². The Hall–Kier alpha value is -3.62. The van der Waals surface area contributed by atoms with E-state index in [0.29, 0.717) is 41.7 Å². The van der Waals surface area contributed by atoms with Crippen molar-refractivity contribution in [2.24, 2.45) is 0 Å². The zero-order chi connectivity index (χ0) is 38.2. The van der Waals surface area contributed by atoms with E-state index in [2.05, 4.69) is 102 Å². The Labute approximate surface area is 316 Å². The molecule has 0 saturated heterocycles. The molecule has 0 radical (unpaired) electrons. The van der Waals surface area contributed by atoms with Gasteiger partial charge in [0.2, 0.25) is 0 Å². The van der Waals surface area contributed by atoms with Crippen LogP contribution >= 0.6 is 0 Å². The molecule has 290 valence electrons. The van der Waals surface area contributed by atoms with E-state index in [1.54, 1.807) is 0 Å². The molecule has 2 N–H and O–H groups in total. The van der Waals surface area contributed by atoms with Crippen molar-refractivity contribution in [2.45, 2.75) is 90.9 Å². The fraction of sp³-hybridized carbons (Fsp3) is 0.591. The Morgan fingerprint density at radius 1 is 0.654 bits per heavy atom. The second-order valence-electron chi connectivity index (χ2n) is 15.5. The van der Waals surface area contributed by atoms with Crippen LogP contribution in [-0.4, -0.2) is 101 Å². The molecule has 8 heteroatoms. The first-order chi connectivity index (χ1) is 24.9. The number of nitrogens with one attached hydrogen (secondary N) is 2. The third-order valence-corrected chi connectivity index (χ3v) is 9.34. The topological polar surface area (TPSA) is 76.7 Å². The highest BCUT2D eigenvalue weighted by Gasteiger charge is 2.21. The lowest BCUT2D eigenvalue weighted by molar-refractivity contribution is -0.882. The third kappa shape index (κ3) is 18.2. The Morgan fingerprint density at radius 3 is 1.69 bits per heavy atom. The Balaban J connectivity index is 2.00. The number of rotatable bonds is 29. The molecule has 2 amide bonds. The maximum absolute atomic E-state index is 12.5. The second kappa shape index (κ2) is 24.6. The van der Waals surface area contributed by atoms with Crippen molar-refractivity contribution in [3.63, 3.8) is 0 Å². The Morgan fingerprint density at radius 2 is 1.17 bits per heavy atom. The van der Waals surface area contributed by atoms with E-state index in [9.17, 15) is 9.59 Å². The molecule has 0 aliphatic carbocycles. The van der Waals surface area contributed by atoms with Gasteiger partial charge in [0.15, 0.2) is 13.1 Å². The molecule has 0 fully saturated rings. The number of allylic oxidation sites excluding steroid dienone is 2. The number of amides is 2. The van der Waals surface area contributed by atoms with Crippen LogP contribution in [0, 0.1) is 0 Å². The fourth-order valence-electron chi connectivity index (χ4n) is 6.38. The van der Waals surface area contributed by atoms with E-state index in [1.807, 2.05) is 12.2 Å². The maximum Gasteiger partial charge on any atom is 0.275 e. The summed E-state index contributed by atoms with van der Waals surface area (Å²) in [7, 11) is 8.41. The number of hydrogen-bond donors (Lipinski definition) is 2. The SMILES string of the molecule is C=CCc1ccc(OCCC[N+](C)(C)CC(=O)NCCCCCC)c(-c2ccc(OCCC[N+](C)(C)CC(=O)NCCCCCC)c(CC=C)c2)c1. The normalized spacial score (nSPS) is 11.6. The van der Waals surface area contributed by atoms with Crippen LogP contribution in [0.3, 0.4) is 0 Å². The fourth-order valence-corrected chi connectivity index (χ4v) is 6.38. The number of benzene rings is 2. The Kier molecular flexibility index (Phi) is 21.1. The average Bonchev–Trinajstić information content (AvgIpc) is 3.09. The van der Waals surface area contributed by atoms with Crippen LogP contribution in [0.25, 0.3) is 11.1 Å². The number of hydrogen-bond acceptors (Lipinski definition) is 4. The van der Waals surface area contributed by atoms with Gasteiger partial charge in [-0.1, -0.05) is 76.7 Å². The molecular weight excluding hydrogens is 649 g/mol. The first kappa shape index (κ1) is 44.5. The van der Waals surface area contributed by atoms with Crippen LogP contribution in [0.2, 0.25) is 0 Å². The van der Waals surface area contributed by atoms with Gasteiger partial charge in [-0.3, -0.25) is 9.59 Å². The number of ether oxygens (including phenoxy) is 2. The van der Waals surface area contributed by atoms with Gasteiger partial charge in [0.25, 0.3) is 11.8 Å². The largest absolute Gasteiger partial charge is 0.493 e. The molecule has 0 heterocycles. The molecule has 52 heavy (non-hydrogen) atoms. The molecule has 8 nitrogen and oxygen atoms in total. The van der Waals surface area contributed by atoms with E-state index >= 15 is 0 Å². The van der Waals surface area contributed by atoms with Gasteiger partial charge in [-0.25, -0.2) is 0 Å². The summed E-state index contributed by atoms with van der Waals surface area (Å²) in [6, 6.07) is 12.7. The summed E-state index contributed by atoms with van der Waals surface area (Å²) in [5.41, 5.74) is 4.35. The summed E-state index contributed by atoms with van der Waals surface area (Å²) in [5, 5.41) is 6.17. The van der Waals surface area contributed by atoms with Gasteiger partial charge in [0.1, 0.15) is 11.5 Å². The highest BCUT2D eigenvalue weighted by Crippen LogP contribution is 2.35. The summed E-state index contributed by atoms with van der Waals surface area (Å²) in [6.45, 7) is 17.6. The molecule has 0 aromatic heterocycles. The Bertz CT molecular complexity index is 1370. The predicted molar refractivity (Wildman–Crippen MR) is 218 cm³/mol. The predicted octanol–water partition coefficient (Wildman–Crippen LogP) is 7.89. The molecule has 2 rings (SSSR count). The number of carbonyl (C=O) groups excluding carboxylic acids is 2. The van der Waals surface area contributed by atoms with Gasteiger partial charge in [-0.15, -0.1) is 13.2 Å². The number of unbranched alkanes of at least 4 members (excludes halogenated alkanes) is 6. The molecule has 0 saturated carbocycles. The lowest BCUT2D eigenvalue weighted by Gasteiger charge is -2.29. The van der Waals surface area contributed by atoms with E-state index in [-0.39, 0.29) is 11.8 Å². The quantitative estimate of drug-likeness (QED) is 0.0510. The van der Waals surface area contributed by atoms with Crippen LogP contribution in [0.15, 0.2) is 61.7 Å². The molecule has 2 aromatic rings. The summed E-state index contributed by atoms with van der Waals surface area (Å²) in [6.07, 6.45) is 16.2. The number of likely N-dealkylation sites (N-methyl/N-ethyl adjacent to an activating group) is 2. The van der Waals surface area contributed by atoms with Gasteiger partial charge >= 0.3 is 0 Å². The molecule has 0 aliphatic rings. The lowest BCUT2D eigenvalue weighted by Crippen LogP contribution is -2.48. The summed E-state index contributed by atoms with van der Waals surface area (Å²) in [5.74, 6) is 1.92. The van der Waals surface area contributed by atoms with Crippen LogP contribution in [0.4, 0.5) is 0 Å². The third-order valence-electron chi connectivity index (χ3n) is 9.34. The number of nitrogens with zero attached hydrogens (tertiary/aromatic N) is 2. The van der Waals surface area contributed by atoms with E-state index in [1.165, 1.54) is 37.7 Å². The first-order valence-corrected chi connectivity index (χ1v) is 19.8. The molecule has 2 aromatic carbocycles. The molecular formula is C44H72N4O4+2. The first-order valence-electron chi connectivity index (χ1n) is 19.8. The molecule has 0 atom stereocenters. The highest BCUT2D eigenvalue weighted by atomic mass is 16.5. The molecule has 0 bridgehead atoms. The maximum atomic E-state index is 12.5. The van der Waals surface area contributed by atoms with Gasteiger partial charge in [0.05, 0.1) is 54.5 Å². The van der Waals surface area contributed by atoms with Crippen LogP contribution in [-0.2, 0) is 22.4 Å². The molecule has 0 aliphatic heterocycles. The van der Waals surface area contributed by atoms with Crippen molar-refractivity contribution < 1.29 is 28.0 Å². The number of quaternary nitrogens is 2. The summed E-state index contributed by atoms with van der Waals surface area (Å²) in [4.78, 5) is 25.0. The van der Waals surface area contributed by atoms with Crippen molar-refractivity contribution in [1.82, 2.24) is 10.6 Å². The van der Waals surface area contributed by atoms with Crippen molar-refractivity contribution in [2.75, 3.05) is 80.7 Å². The van der Waals surface area contributed by atoms with Crippen molar-refractivity contribution in [1.29, 1.82) is 0 Å². The highest BCUT2D eigenvalue weighted by molar-refractivity contribution is 5.77. The van der Waals surface area contributed by atoms with Gasteiger partial charge in [-0.2, -0.15) is 0 Å². The molecule has 0 spiro atoms. The minimum absolute atomic E-state index is 0.112. The van der Waals surface area contributed by atoms with E-state index in [0.717, 1.165) is 92.9 Å². The summed E-state index contributed by atoms with van der Waals surface area (Å²) < 4.78 is 14.0. The molecule has 0 unspecified atom stereocenters. The standard InChI is InChI=1S/C44H70N4O4/c1-9-13-15-17-27-45-43(49)35-47(5,6)29-19-31-51-41-26-24-38(34-39(41)22-12-4)40-33-37(21-11-3)23-25-42(40)52-32-20-30-48(7,8)36-44(50)46-28-18-16-14-10-2/h11-12,23-26,33-34H,3-4,9-10,13-22,27-32,35-36H2,1-2,5-8H3/p+2. The zero-order valence-electron chi connectivity index (χ0n) is 33.7. The second-order valence-corrected chi connectivity index (χ2v) is 15.5. The van der Waals surface area contributed by atoms with Gasteiger partial charge in [0, 0.05) is 31.5 Å². The minimum atomic E-state index is 0.112.